The van der Waals surface area contributed by atoms with E-state index < -0.39 is 11.8 Å². The predicted octanol–water partition coefficient (Wildman–Crippen LogP) is 0.429. The Morgan fingerprint density at radius 2 is 2.08 bits per heavy atom. The molecule has 0 fully saturated rings. The number of primary amides is 1. The molecule has 0 spiro atoms. The van der Waals surface area contributed by atoms with E-state index in [0.29, 0.717) is 12.3 Å². The third-order valence-electron chi connectivity index (χ3n) is 3.24. The number of benzene rings is 1. The van der Waals surface area contributed by atoms with Crippen LogP contribution in [0.15, 0.2) is 28.8 Å². The van der Waals surface area contributed by atoms with Crippen LogP contribution in [0.5, 0.6) is 5.75 Å². The second-order valence-electron chi connectivity index (χ2n) is 5.58. The Labute approximate surface area is 145 Å². The second kappa shape index (κ2) is 8.78. The van der Waals surface area contributed by atoms with Crippen molar-refractivity contribution in [1.29, 1.82) is 0 Å². The summed E-state index contributed by atoms with van der Waals surface area (Å²) in [4.78, 5) is 29.2. The van der Waals surface area contributed by atoms with E-state index in [1.54, 1.807) is 24.3 Å². The minimum Gasteiger partial charge on any atom is -0.485 e. The summed E-state index contributed by atoms with van der Waals surface area (Å²) in [6, 6.07) is 6.56. The molecular weight excluding hydrogens is 326 g/mol. The summed E-state index contributed by atoms with van der Waals surface area (Å²) in [5.41, 5.74) is 5.53. The van der Waals surface area contributed by atoms with Gasteiger partial charge in [-0.25, -0.2) is 0 Å². The van der Waals surface area contributed by atoms with Gasteiger partial charge in [-0.2, -0.15) is 4.98 Å². The molecule has 0 radical (unpaired) electrons. The van der Waals surface area contributed by atoms with Gasteiger partial charge in [0, 0.05) is 6.54 Å². The second-order valence-corrected chi connectivity index (χ2v) is 5.58. The molecule has 3 N–H and O–H groups in total. The van der Waals surface area contributed by atoms with Gasteiger partial charge in [-0.05, 0) is 39.2 Å². The number of rotatable bonds is 9. The maximum Gasteiger partial charge on any atom is 0.316 e. The van der Waals surface area contributed by atoms with E-state index in [4.69, 9.17) is 15.0 Å². The third kappa shape index (κ3) is 5.57. The van der Waals surface area contributed by atoms with Crippen LogP contribution in [0.1, 0.15) is 33.3 Å². The molecule has 134 valence electrons. The van der Waals surface area contributed by atoms with Gasteiger partial charge in [0.1, 0.15) is 5.75 Å². The first-order valence-corrected chi connectivity index (χ1v) is 7.74. The molecule has 1 aromatic carbocycles. The molecule has 0 atom stereocenters. The monoisotopic (exact) mass is 347 g/mol. The number of aromatic nitrogens is 2. The molecule has 9 nitrogen and oxygen atoms in total. The summed E-state index contributed by atoms with van der Waals surface area (Å²) in [6.07, 6.45) is 0.812. The fraction of sp³-hybridized carbons (Fsp3) is 0.375. The summed E-state index contributed by atoms with van der Waals surface area (Å²) in [6.45, 7) is 1.32. The minimum absolute atomic E-state index is 0.0539. The van der Waals surface area contributed by atoms with Crippen molar-refractivity contribution in [1.82, 2.24) is 20.4 Å². The van der Waals surface area contributed by atoms with Gasteiger partial charge in [-0.1, -0.05) is 17.3 Å². The highest BCUT2D eigenvalue weighted by molar-refractivity contribution is 5.95. The summed E-state index contributed by atoms with van der Waals surface area (Å²) in [7, 11) is 3.92. The van der Waals surface area contributed by atoms with E-state index in [9.17, 15) is 9.59 Å². The Hall–Kier alpha value is -2.94. The molecule has 1 aromatic heterocycles. The fourth-order valence-corrected chi connectivity index (χ4v) is 2.02. The van der Waals surface area contributed by atoms with E-state index in [1.165, 1.54) is 0 Å². The van der Waals surface area contributed by atoms with Gasteiger partial charge in [0.05, 0.1) is 5.56 Å². The van der Waals surface area contributed by atoms with Gasteiger partial charge >= 0.3 is 11.8 Å². The van der Waals surface area contributed by atoms with Crippen LogP contribution in [0, 0.1) is 0 Å². The molecule has 9 heteroatoms. The maximum absolute atomic E-state index is 11.9. The number of nitrogens with two attached hydrogens (primary N) is 1. The van der Waals surface area contributed by atoms with Gasteiger partial charge < -0.3 is 25.2 Å². The largest absolute Gasteiger partial charge is 0.485 e. The van der Waals surface area contributed by atoms with E-state index in [2.05, 4.69) is 15.5 Å². The smallest absolute Gasteiger partial charge is 0.316 e. The Balaban J connectivity index is 1.87. The Kier molecular flexibility index (Phi) is 6.47. The summed E-state index contributed by atoms with van der Waals surface area (Å²) >= 11 is 0. The van der Waals surface area contributed by atoms with Crippen LogP contribution in [-0.4, -0.2) is 54.0 Å². The molecule has 0 aliphatic carbocycles. The van der Waals surface area contributed by atoms with Crippen molar-refractivity contribution in [2.75, 3.05) is 27.2 Å². The van der Waals surface area contributed by atoms with Crippen LogP contribution in [0.4, 0.5) is 0 Å². The zero-order valence-corrected chi connectivity index (χ0v) is 14.2. The van der Waals surface area contributed by atoms with E-state index in [1.807, 2.05) is 19.0 Å². The first kappa shape index (κ1) is 18.4. The van der Waals surface area contributed by atoms with E-state index in [-0.39, 0.29) is 23.9 Å². The molecule has 2 amide bonds. The molecule has 2 aromatic rings. The average molecular weight is 347 g/mol. The van der Waals surface area contributed by atoms with Crippen molar-refractivity contribution in [3.05, 3.63) is 41.5 Å². The molecular formula is C16H21N5O4. The van der Waals surface area contributed by atoms with Gasteiger partial charge in [0.2, 0.25) is 5.82 Å². The fourth-order valence-electron chi connectivity index (χ4n) is 2.02. The molecule has 0 aliphatic heterocycles. The van der Waals surface area contributed by atoms with Gasteiger partial charge in [0.15, 0.2) is 6.61 Å². The van der Waals surface area contributed by atoms with Crippen molar-refractivity contribution in [3.8, 4) is 5.75 Å². The van der Waals surface area contributed by atoms with Crippen molar-refractivity contribution in [2.45, 2.75) is 13.0 Å². The van der Waals surface area contributed by atoms with Crippen molar-refractivity contribution >= 4 is 11.8 Å². The number of carbonyl (C=O) groups excluding carboxylic acids is 2. The lowest BCUT2D eigenvalue weighted by Crippen LogP contribution is -2.27. The molecule has 2 rings (SSSR count). The standard InChI is InChI=1S/C16H21N5O4/c1-21(2)9-5-8-18-15(23)16-19-13(20-25-16)10-24-12-7-4-3-6-11(12)14(17)22/h3-4,6-7H,5,8-10H2,1-2H3,(H2,17,22)(H,18,23). The summed E-state index contributed by atoms with van der Waals surface area (Å²) in [5, 5.41) is 6.39. The highest BCUT2D eigenvalue weighted by atomic mass is 16.5. The summed E-state index contributed by atoms with van der Waals surface area (Å²) in [5.74, 6) is -0.657. The zero-order valence-electron chi connectivity index (χ0n) is 14.2. The maximum atomic E-state index is 11.9. The van der Waals surface area contributed by atoms with Crippen LogP contribution in [0.2, 0.25) is 0 Å². The number of para-hydroxylation sites is 1. The lowest BCUT2D eigenvalue weighted by Gasteiger charge is -2.08. The van der Waals surface area contributed by atoms with Gasteiger partial charge in [0.25, 0.3) is 5.91 Å². The van der Waals surface area contributed by atoms with Crippen LogP contribution >= 0.6 is 0 Å². The van der Waals surface area contributed by atoms with Crippen LogP contribution in [0.25, 0.3) is 0 Å². The normalized spacial score (nSPS) is 10.7. The highest BCUT2D eigenvalue weighted by Crippen LogP contribution is 2.18. The minimum atomic E-state index is -0.596. The third-order valence-corrected chi connectivity index (χ3v) is 3.24. The molecule has 1 heterocycles. The summed E-state index contributed by atoms with van der Waals surface area (Å²) < 4.78 is 10.4. The number of ether oxygens (including phenoxy) is 1. The topological polar surface area (TPSA) is 124 Å². The molecule has 0 unspecified atom stereocenters. The SMILES string of the molecule is CN(C)CCCNC(=O)c1nc(COc2ccccc2C(N)=O)no1. The number of hydrogen-bond donors (Lipinski definition) is 2. The number of amides is 2. The zero-order chi connectivity index (χ0) is 18.2. The highest BCUT2D eigenvalue weighted by Gasteiger charge is 2.16. The first-order chi connectivity index (χ1) is 12.0. The molecule has 0 bridgehead atoms. The molecule has 0 aliphatic rings. The van der Waals surface area contributed by atoms with Gasteiger partial charge in [-0.15, -0.1) is 0 Å². The predicted molar refractivity (Wildman–Crippen MR) is 89.1 cm³/mol. The van der Waals surface area contributed by atoms with Crippen LogP contribution < -0.4 is 15.8 Å². The van der Waals surface area contributed by atoms with Crippen LogP contribution in [0.3, 0.4) is 0 Å². The van der Waals surface area contributed by atoms with Crippen molar-refractivity contribution < 1.29 is 18.8 Å². The van der Waals surface area contributed by atoms with Crippen molar-refractivity contribution in [2.24, 2.45) is 5.73 Å². The van der Waals surface area contributed by atoms with Gasteiger partial charge in [-0.3, -0.25) is 9.59 Å². The molecule has 25 heavy (non-hydrogen) atoms. The Morgan fingerprint density at radius 3 is 2.80 bits per heavy atom. The number of nitrogens with zero attached hydrogens (tertiary/aromatic N) is 3. The molecule has 0 saturated heterocycles. The average Bonchev–Trinajstić information content (AvgIpc) is 3.05. The van der Waals surface area contributed by atoms with Crippen LogP contribution in [-0.2, 0) is 6.61 Å². The number of hydrogen-bond acceptors (Lipinski definition) is 7. The van der Waals surface area contributed by atoms with E-state index >= 15 is 0 Å². The lowest BCUT2D eigenvalue weighted by molar-refractivity contribution is 0.0907. The number of carbonyl (C=O) groups is 2. The van der Waals surface area contributed by atoms with Crippen molar-refractivity contribution in [3.63, 3.8) is 0 Å². The van der Waals surface area contributed by atoms with E-state index in [0.717, 1.165) is 13.0 Å². The quantitative estimate of drug-likeness (QED) is 0.630. The first-order valence-electron chi connectivity index (χ1n) is 7.74. The lowest BCUT2D eigenvalue weighted by atomic mass is 10.2. The Bertz CT molecular complexity index is 729. The number of nitrogens with one attached hydrogen (secondary N) is 1. The molecule has 0 saturated carbocycles. The Morgan fingerprint density at radius 1 is 1.32 bits per heavy atom.